The fourth-order valence-electron chi connectivity index (χ4n) is 5.21. The minimum absolute atomic E-state index is 0.0147. The second-order valence-corrected chi connectivity index (χ2v) is 8.71. The summed E-state index contributed by atoms with van der Waals surface area (Å²) in [6.45, 7) is 2.51. The molecular weight excluding hydrogens is 350 g/mol. The molecule has 0 spiro atoms. The Bertz CT molecular complexity index is 959. The van der Waals surface area contributed by atoms with Crippen LogP contribution in [0.1, 0.15) is 41.0 Å². The van der Waals surface area contributed by atoms with Crippen molar-refractivity contribution in [1.29, 1.82) is 0 Å². The first-order valence-electron chi connectivity index (χ1n) is 8.76. The standard InChI is InChI=1S/C20H17NO4S/c1-2-26-20-10-25-19(22)18(20)16-12-5-3-4-6-13(12)17(20)14-8-7-11(21(23)24)9-15(14)16/h3-9,16-18H,2,10H2,1H3/t16-,17+,18-,20+/m0/s1. The van der Waals surface area contributed by atoms with Crippen LogP contribution in [0, 0.1) is 16.0 Å². The predicted octanol–water partition coefficient (Wildman–Crippen LogP) is 3.85. The molecule has 4 aliphatic rings. The zero-order valence-electron chi connectivity index (χ0n) is 14.2. The van der Waals surface area contributed by atoms with E-state index in [1.807, 2.05) is 18.2 Å². The molecule has 1 saturated heterocycles. The first-order chi connectivity index (χ1) is 12.6. The molecule has 3 aliphatic carbocycles. The zero-order chi connectivity index (χ0) is 18.1. The van der Waals surface area contributed by atoms with Crippen LogP contribution in [0.15, 0.2) is 42.5 Å². The highest BCUT2D eigenvalue weighted by atomic mass is 32.2. The van der Waals surface area contributed by atoms with E-state index in [0.29, 0.717) is 6.61 Å². The average molecular weight is 367 g/mol. The van der Waals surface area contributed by atoms with Gasteiger partial charge < -0.3 is 4.74 Å². The van der Waals surface area contributed by atoms with Crippen LogP contribution in [-0.2, 0) is 9.53 Å². The van der Waals surface area contributed by atoms with Gasteiger partial charge in [0.25, 0.3) is 5.69 Å². The molecule has 26 heavy (non-hydrogen) atoms. The van der Waals surface area contributed by atoms with Gasteiger partial charge in [0.1, 0.15) is 6.61 Å². The predicted molar refractivity (Wildman–Crippen MR) is 98.5 cm³/mol. The molecule has 1 heterocycles. The Morgan fingerprint density at radius 3 is 2.65 bits per heavy atom. The Kier molecular flexibility index (Phi) is 3.26. The molecule has 2 bridgehead atoms. The summed E-state index contributed by atoms with van der Waals surface area (Å²) in [5.74, 6) is 0.261. The fourth-order valence-corrected chi connectivity index (χ4v) is 6.73. The van der Waals surface area contributed by atoms with Crippen molar-refractivity contribution in [2.75, 3.05) is 12.4 Å². The Morgan fingerprint density at radius 2 is 1.92 bits per heavy atom. The number of hydrogen-bond acceptors (Lipinski definition) is 5. The molecule has 5 nitrogen and oxygen atoms in total. The fraction of sp³-hybridized carbons (Fsp3) is 0.350. The summed E-state index contributed by atoms with van der Waals surface area (Å²) in [7, 11) is 0. The van der Waals surface area contributed by atoms with Crippen LogP contribution in [0.4, 0.5) is 5.69 Å². The highest BCUT2D eigenvalue weighted by Gasteiger charge is 2.65. The largest absolute Gasteiger partial charge is 0.464 e. The van der Waals surface area contributed by atoms with Gasteiger partial charge in [0.2, 0.25) is 0 Å². The number of rotatable bonds is 3. The van der Waals surface area contributed by atoms with Crippen molar-refractivity contribution in [3.8, 4) is 0 Å². The molecule has 0 N–H and O–H groups in total. The third kappa shape index (κ3) is 1.80. The van der Waals surface area contributed by atoms with Gasteiger partial charge in [0, 0.05) is 24.0 Å². The average Bonchev–Trinajstić information content (AvgIpc) is 2.99. The Labute approximate surface area is 154 Å². The number of thioether (sulfide) groups is 1. The van der Waals surface area contributed by atoms with E-state index in [1.54, 1.807) is 23.9 Å². The highest BCUT2D eigenvalue weighted by molar-refractivity contribution is 8.00. The number of benzene rings is 2. The summed E-state index contributed by atoms with van der Waals surface area (Å²) in [5.41, 5.74) is 4.44. The maximum Gasteiger partial charge on any atom is 0.311 e. The van der Waals surface area contributed by atoms with Crippen molar-refractivity contribution in [3.63, 3.8) is 0 Å². The first kappa shape index (κ1) is 15.9. The third-order valence-electron chi connectivity index (χ3n) is 6.02. The molecule has 4 atom stereocenters. The van der Waals surface area contributed by atoms with Crippen LogP contribution >= 0.6 is 11.8 Å². The molecular formula is C20H17NO4S. The summed E-state index contributed by atoms with van der Waals surface area (Å²) in [4.78, 5) is 23.7. The number of nitro benzene ring substituents is 1. The molecule has 1 aliphatic heterocycles. The van der Waals surface area contributed by atoms with Crippen molar-refractivity contribution in [2.24, 2.45) is 5.92 Å². The lowest BCUT2D eigenvalue weighted by molar-refractivity contribution is -0.385. The summed E-state index contributed by atoms with van der Waals surface area (Å²) >= 11 is 1.80. The van der Waals surface area contributed by atoms with E-state index >= 15 is 0 Å². The molecule has 0 saturated carbocycles. The number of cyclic esters (lactones) is 1. The lowest BCUT2D eigenvalue weighted by Gasteiger charge is -2.52. The number of hydrogen-bond donors (Lipinski definition) is 0. The van der Waals surface area contributed by atoms with Gasteiger partial charge in [-0.3, -0.25) is 14.9 Å². The van der Waals surface area contributed by atoms with Crippen LogP contribution < -0.4 is 0 Å². The third-order valence-corrected chi connectivity index (χ3v) is 7.46. The summed E-state index contributed by atoms with van der Waals surface area (Å²) in [6.07, 6.45) is 0. The number of carbonyl (C=O) groups excluding carboxylic acids is 1. The van der Waals surface area contributed by atoms with E-state index in [1.165, 1.54) is 5.56 Å². The number of carbonyl (C=O) groups is 1. The minimum atomic E-state index is -0.366. The highest BCUT2D eigenvalue weighted by Crippen LogP contribution is 2.66. The van der Waals surface area contributed by atoms with Gasteiger partial charge >= 0.3 is 5.97 Å². The van der Waals surface area contributed by atoms with E-state index < -0.39 is 0 Å². The second-order valence-electron chi connectivity index (χ2n) is 7.08. The molecule has 0 aromatic heterocycles. The van der Waals surface area contributed by atoms with Gasteiger partial charge in [-0.25, -0.2) is 0 Å². The van der Waals surface area contributed by atoms with Gasteiger partial charge in [0.05, 0.1) is 15.6 Å². The number of esters is 1. The number of nitrogens with zero attached hydrogens (tertiary/aromatic N) is 1. The van der Waals surface area contributed by atoms with Crippen LogP contribution in [0.3, 0.4) is 0 Å². The SMILES string of the molecule is CCS[C@@]12COC(=O)[C@@H]1[C@H]1c3ccccc3[C@@H]2c2ccc([N+](=O)[O-])cc21. The summed E-state index contributed by atoms with van der Waals surface area (Å²) in [6, 6.07) is 13.3. The molecule has 132 valence electrons. The Balaban J connectivity index is 1.83. The maximum absolute atomic E-state index is 12.7. The lowest BCUT2D eigenvalue weighted by Crippen LogP contribution is -2.52. The van der Waals surface area contributed by atoms with Crippen LogP contribution in [0.2, 0.25) is 0 Å². The van der Waals surface area contributed by atoms with E-state index in [9.17, 15) is 14.9 Å². The van der Waals surface area contributed by atoms with E-state index in [4.69, 9.17) is 4.74 Å². The van der Waals surface area contributed by atoms with Crippen molar-refractivity contribution < 1.29 is 14.5 Å². The smallest absolute Gasteiger partial charge is 0.311 e. The number of non-ortho nitro benzene ring substituents is 1. The molecule has 0 unspecified atom stereocenters. The quantitative estimate of drug-likeness (QED) is 0.468. The normalized spacial score (nSPS) is 30.3. The van der Waals surface area contributed by atoms with Gasteiger partial charge in [-0.1, -0.05) is 37.3 Å². The topological polar surface area (TPSA) is 69.4 Å². The van der Waals surface area contributed by atoms with Crippen LogP contribution in [-0.4, -0.2) is 28.0 Å². The van der Waals surface area contributed by atoms with Crippen molar-refractivity contribution in [3.05, 3.63) is 74.8 Å². The number of ether oxygens (including phenoxy) is 1. The number of nitro groups is 1. The van der Waals surface area contributed by atoms with Gasteiger partial charge in [-0.05, 0) is 28.0 Å². The van der Waals surface area contributed by atoms with Crippen molar-refractivity contribution >= 4 is 23.4 Å². The van der Waals surface area contributed by atoms with Crippen molar-refractivity contribution in [1.82, 2.24) is 0 Å². The van der Waals surface area contributed by atoms with Crippen LogP contribution in [0.25, 0.3) is 0 Å². The Morgan fingerprint density at radius 1 is 1.19 bits per heavy atom. The summed E-state index contributed by atoms with van der Waals surface area (Å²) < 4.78 is 5.26. The lowest BCUT2D eigenvalue weighted by atomic mass is 9.54. The molecule has 6 rings (SSSR count). The van der Waals surface area contributed by atoms with Crippen molar-refractivity contribution in [2.45, 2.75) is 23.5 Å². The Hall–Kier alpha value is -2.34. The van der Waals surface area contributed by atoms with Gasteiger partial charge in [-0.15, -0.1) is 11.8 Å². The first-order valence-corrected chi connectivity index (χ1v) is 9.74. The zero-order valence-corrected chi connectivity index (χ0v) is 15.0. The van der Waals surface area contributed by atoms with Crippen LogP contribution in [0.5, 0.6) is 0 Å². The molecule has 0 amide bonds. The van der Waals surface area contributed by atoms with E-state index in [-0.39, 0.29) is 39.1 Å². The minimum Gasteiger partial charge on any atom is -0.464 e. The van der Waals surface area contributed by atoms with Gasteiger partial charge in [0.15, 0.2) is 0 Å². The monoisotopic (exact) mass is 367 g/mol. The molecule has 6 heteroatoms. The van der Waals surface area contributed by atoms with Gasteiger partial charge in [-0.2, -0.15) is 0 Å². The summed E-state index contributed by atoms with van der Waals surface area (Å²) in [5, 5.41) is 11.3. The maximum atomic E-state index is 12.7. The molecule has 1 fully saturated rings. The molecule has 2 aromatic carbocycles. The molecule has 2 aromatic rings. The van der Waals surface area contributed by atoms with E-state index in [2.05, 4.69) is 19.1 Å². The molecule has 0 radical (unpaired) electrons. The second kappa shape index (κ2) is 5.33. The van der Waals surface area contributed by atoms with E-state index in [0.717, 1.165) is 22.4 Å².